The zero-order valence-corrected chi connectivity index (χ0v) is 12.9. The molecule has 1 aromatic heterocycles. The van der Waals surface area contributed by atoms with Crippen molar-refractivity contribution in [1.29, 1.82) is 0 Å². The number of carbonyl (C=O) groups is 1. The predicted molar refractivity (Wildman–Crippen MR) is 79.0 cm³/mol. The highest BCUT2D eigenvalue weighted by Gasteiger charge is 2.42. The van der Waals surface area contributed by atoms with E-state index >= 15 is 0 Å². The van der Waals surface area contributed by atoms with Gasteiger partial charge in [0, 0.05) is 6.20 Å². The third-order valence-corrected chi connectivity index (χ3v) is 3.92. The summed E-state index contributed by atoms with van der Waals surface area (Å²) in [5.41, 5.74) is -0.717. The topological polar surface area (TPSA) is 56.2 Å². The highest BCUT2D eigenvalue weighted by atomic mass is 19.4. The van der Waals surface area contributed by atoms with Crippen LogP contribution in [0.1, 0.15) is 16.8 Å². The van der Waals surface area contributed by atoms with Crippen LogP contribution in [0.5, 0.6) is 0 Å². The van der Waals surface area contributed by atoms with Crippen molar-refractivity contribution in [2.75, 3.05) is 13.2 Å². The van der Waals surface area contributed by atoms with Crippen LogP contribution in [0.2, 0.25) is 0 Å². The van der Waals surface area contributed by atoms with Crippen LogP contribution in [0.3, 0.4) is 0 Å². The van der Waals surface area contributed by atoms with E-state index in [1.165, 1.54) is 13.1 Å². The van der Waals surface area contributed by atoms with Crippen molar-refractivity contribution < 1.29 is 22.7 Å². The molecule has 1 N–H and O–H groups in total. The van der Waals surface area contributed by atoms with E-state index in [-0.39, 0.29) is 12.1 Å². The maximum atomic E-state index is 12.8. The summed E-state index contributed by atoms with van der Waals surface area (Å²) < 4.78 is 44.5. The standard InChI is InChI=1S/C16H16F3N3O2/c1-11-7-22(21-14(11)16(17,18)19)8-13(23)20-15(9-24-10-15)12-5-3-2-4-6-12/h2-7H,8-10H2,1H3,(H,20,23). The molecule has 1 amide bonds. The van der Waals surface area contributed by atoms with E-state index in [2.05, 4.69) is 10.4 Å². The smallest absolute Gasteiger partial charge is 0.376 e. The van der Waals surface area contributed by atoms with E-state index in [0.29, 0.717) is 13.2 Å². The van der Waals surface area contributed by atoms with Gasteiger partial charge in [0.25, 0.3) is 0 Å². The zero-order chi connectivity index (χ0) is 17.4. The first kappa shape index (κ1) is 16.5. The molecule has 1 aromatic carbocycles. The van der Waals surface area contributed by atoms with Gasteiger partial charge >= 0.3 is 6.18 Å². The molecule has 1 aliphatic heterocycles. The maximum Gasteiger partial charge on any atom is 0.435 e. The molecule has 0 aliphatic carbocycles. The van der Waals surface area contributed by atoms with Crippen molar-refractivity contribution >= 4 is 5.91 Å². The van der Waals surface area contributed by atoms with Crippen LogP contribution in [0, 0.1) is 6.92 Å². The first-order valence-corrected chi connectivity index (χ1v) is 7.36. The number of benzene rings is 1. The Labute approximate surface area is 136 Å². The van der Waals surface area contributed by atoms with Gasteiger partial charge in [-0.1, -0.05) is 30.3 Å². The van der Waals surface area contributed by atoms with Crippen molar-refractivity contribution in [3.05, 3.63) is 53.3 Å². The number of rotatable bonds is 4. The van der Waals surface area contributed by atoms with Crippen LogP contribution in [-0.4, -0.2) is 28.9 Å². The molecule has 0 unspecified atom stereocenters. The molecule has 24 heavy (non-hydrogen) atoms. The Kier molecular flexibility index (Phi) is 4.08. The molecular weight excluding hydrogens is 323 g/mol. The van der Waals surface area contributed by atoms with Crippen molar-refractivity contribution in [3.63, 3.8) is 0 Å². The van der Waals surface area contributed by atoms with Crippen molar-refractivity contribution in [3.8, 4) is 0 Å². The summed E-state index contributed by atoms with van der Waals surface area (Å²) in [6.07, 6.45) is -3.31. The number of carbonyl (C=O) groups excluding carboxylic acids is 1. The Balaban J connectivity index is 1.72. The van der Waals surface area contributed by atoms with Gasteiger partial charge in [-0.2, -0.15) is 18.3 Å². The Morgan fingerprint density at radius 2 is 2.00 bits per heavy atom. The van der Waals surface area contributed by atoms with Gasteiger partial charge in [-0.05, 0) is 18.1 Å². The fourth-order valence-electron chi connectivity index (χ4n) is 2.71. The minimum atomic E-state index is -4.53. The number of aromatic nitrogens is 2. The minimum absolute atomic E-state index is 0.0138. The van der Waals surface area contributed by atoms with Crippen LogP contribution in [0.4, 0.5) is 13.2 Å². The Hall–Kier alpha value is -2.35. The van der Waals surface area contributed by atoms with E-state index in [4.69, 9.17) is 4.74 Å². The summed E-state index contributed by atoms with van der Waals surface area (Å²) in [6.45, 7) is 1.68. The Morgan fingerprint density at radius 3 is 2.50 bits per heavy atom. The fourth-order valence-corrected chi connectivity index (χ4v) is 2.71. The first-order chi connectivity index (χ1) is 11.3. The van der Waals surface area contributed by atoms with Gasteiger partial charge in [0.05, 0.1) is 13.2 Å². The monoisotopic (exact) mass is 339 g/mol. The number of halogens is 3. The van der Waals surface area contributed by atoms with Crippen molar-refractivity contribution in [2.45, 2.75) is 25.2 Å². The predicted octanol–water partition coefficient (Wildman–Crippen LogP) is 2.25. The molecule has 1 fully saturated rings. The van der Waals surface area contributed by atoms with Crippen LogP contribution in [0.25, 0.3) is 0 Å². The molecule has 1 saturated heterocycles. The number of alkyl halides is 3. The molecule has 3 rings (SSSR count). The fraction of sp³-hybridized carbons (Fsp3) is 0.375. The third-order valence-electron chi connectivity index (χ3n) is 3.92. The zero-order valence-electron chi connectivity index (χ0n) is 12.9. The largest absolute Gasteiger partial charge is 0.435 e. The molecule has 5 nitrogen and oxygen atoms in total. The van der Waals surface area contributed by atoms with Gasteiger partial charge in [-0.3, -0.25) is 9.48 Å². The van der Waals surface area contributed by atoms with Gasteiger partial charge in [-0.25, -0.2) is 0 Å². The number of hydrogen-bond donors (Lipinski definition) is 1. The molecule has 0 radical (unpaired) electrons. The Morgan fingerprint density at radius 1 is 1.33 bits per heavy atom. The van der Waals surface area contributed by atoms with Crippen LogP contribution < -0.4 is 5.32 Å². The average Bonchev–Trinajstić information content (AvgIpc) is 2.84. The molecule has 8 heteroatoms. The molecule has 0 spiro atoms. The number of amides is 1. The van der Waals surface area contributed by atoms with E-state index in [1.807, 2.05) is 30.3 Å². The van der Waals surface area contributed by atoms with Crippen LogP contribution in [-0.2, 0) is 27.8 Å². The van der Waals surface area contributed by atoms with E-state index in [1.54, 1.807) is 0 Å². The SMILES string of the molecule is Cc1cn(CC(=O)NC2(c3ccccc3)COC2)nc1C(F)(F)F. The summed E-state index contributed by atoms with van der Waals surface area (Å²) in [5.74, 6) is -0.418. The lowest BCUT2D eigenvalue weighted by Gasteiger charge is -2.42. The summed E-state index contributed by atoms with van der Waals surface area (Å²) in [6, 6.07) is 9.33. The lowest BCUT2D eigenvalue weighted by Crippen LogP contribution is -2.59. The number of aryl methyl sites for hydroxylation is 1. The third kappa shape index (κ3) is 3.14. The second kappa shape index (κ2) is 5.94. The van der Waals surface area contributed by atoms with E-state index in [9.17, 15) is 18.0 Å². The highest BCUT2D eigenvalue weighted by molar-refractivity contribution is 5.77. The summed E-state index contributed by atoms with van der Waals surface area (Å²) in [5, 5.41) is 6.32. The average molecular weight is 339 g/mol. The quantitative estimate of drug-likeness (QED) is 0.930. The summed E-state index contributed by atoms with van der Waals surface area (Å²) >= 11 is 0. The van der Waals surface area contributed by atoms with Crippen molar-refractivity contribution in [1.82, 2.24) is 15.1 Å². The molecule has 2 aromatic rings. The van der Waals surface area contributed by atoms with Crippen LogP contribution >= 0.6 is 0 Å². The Bertz CT molecular complexity index is 737. The highest BCUT2D eigenvalue weighted by Crippen LogP contribution is 2.31. The second-order valence-electron chi connectivity index (χ2n) is 5.85. The number of ether oxygens (including phenoxy) is 1. The summed E-state index contributed by atoms with van der Waals surface area (Å²) in [4.78, 5) is 12.3. The number of nitrogens with one attached hydrogen (secondary N) is 1. The van der Waals surface area contributed by atoms with Crippen molar-refractivity contribution in [2.24, 2.45) is 0 Å². The van der Waals surface area contributed by atoms with Crippen LogP contribution in [0.15, 0.2) is 36.5 Å². The van der Waals surface area contributed by atoms with Gasteiger partial charge in [-0.15, -0.1) is 0 Å². The van der Waals surface area contributed by atoms with Gasteiger partial charge < -0.3 is 10.1 Å². The number of hydrogen-bond acceptors (Lipinski definition) is 3. The lowest BCUT2D eigenvalue weighted by molar-refractivity contribution is -0.142. The van der Waals surface area contributed by atoms with E-state index < -0.39 is 23.3 Å². The molecule has 128 valence electrons. The van der Waals surface area contributed by atoms with Gasteiger partial charge in [0.2, 0.25) is 5.91 Å². The molecule has 1 aliphatic rings. The molecule has 0 atom stereocenters. The molecule has 0 saturated carbocycles. The molecule has 2 heterocycles. The molecular formula is C16H16F3N3O2. The maximum absolute atomic E-state index is 12.8. The summed E-state index contributed by atoms with van der Waals surface area (Å²) in [7, 11) is 0. The second-order valence-corrected chi connectivity index (χ2v) is 5.85. The van der Waals surface area contributed by atoms with E-state index in [0.717, 1.165) is 10.2 Å². The normalized spacial score (nSPS) is 16.5. The lowest BCUT2D eigenvalue weighted by atomic mass is 9.88. The molecule has 0 bridgehead atoms. The minimum Gasteiger partial charge on any atom is -0.376 e. The number of nitrogens with zero attached hydrogens (tertiary/aromatic N) is 2. The first-order valence-electron chi connectivity index (χ1n) is 7.36. The van der Waals surface area contributed by atoms with Gasteiger partial charge in [0.1, 0.15) is 12.1 Å². The van der Waals surface area contributed by atoms with Gasteiger partial charge in [0.15, 0.2) is 5.69 Å².